The lowest BCUT2D eigenvalue weighted by molar-refractivity contribution is 0.587. The van der Waals surface area contributed by atoms with Crippen molar-refractivity contribution in [1.29, 1.82) is 0 Å². The molecular formula is C12H16O2S. The van der Waals surface area contributed by atoms with Gasteiger partial charge in [0, 0.05) is 0 Å². The van der Waals surface area contributed by atoms with Gasteiger partial charge in [0.05, 0.1) is 10.1 Å². The van der Waals surface area contributed by atoms with E-state index in [4.69, 9.17) is 0 Å². The molecule has 0 radical (unpaired) electrons. The average molecular weight is 224 g/mol. The van der Waals surface area contributed by atoms with Crippen LogP contribution in [0.5, 0.6) is 0 Å². The first-order chi connectivity index (χ1) is 7.01. The van der Waals surface area contributed by atoms with E-state index in [0.717, 1.165) is 19.3 Å². The molecule has 1 aromatic carbocycles. The zero-order chi connectivity index (χ0) is 11.1. The van der Waals surface area contributed by atoms with Crippen molar-refractivity contribution in [2.75, 3.05) is 0 Å². The van der Waals surface area contributed by atoms with Gasteiger partial charge in [-0.1, -0.05) is 6.07 Å². The fourth-order valence-corrected chi connectivity index (χ4v) is 3.11. The Hall–Kier alpha value is -0.830. The van der Waals surface area contributed by atoms with Crippen molar-refractivity contribution in [3.8, 4) is 0 Å². The Kier molecular flexibility index (Phi) is 2.59. The van der Waals surface area contributed by atoms with Gasteiger partial charge in [-0.2, -0.15) is 0 Å². The van der Waals surface area contributed by atoms with E-state index >= 15 is 0 Å². The van der Waals surface area contributed by atoms with E-state index in [9.17, 15) is 8.42 Å². The van der Waals surface area contributed by atoms with Crippen LogP contribution < -0.4 is 0 Å². The molecule has 2 rings (SSSR count). The summed E-state index contributed by atoms with van der Waals surface area (Å²) in [6, 6.07) is 5.58. The van der Waals surface area contributed by atoms with Gasteiger partial charge in [-0.05, 0) is 56.4 Å². The molecule has 0 spiro atoms. The molecule has 0 fully saturated rings. The molecule has 1 aromatic rings. The summed E-state index contributed by atoms with van der Waals surface area (Å²) in [5, 5.41) is -0.336. The summed E-state index contributed by atoms with van der Waals surface area (Å²) in [6.07, 6.45) is 3.27. The van der Waals surface area contributed by atoms with E-state index in [1.165, 1.54) is 11.1 Å². The predicted octanol–water partition coefficient (Wildman–Crippen LogP) is 2.36. The fraction of sp³-hybridized carbons (Fsp3) is 0.500. The third kappa shape index (κ3) is 1.81. The van der Waals surface area contributed by atoms with Gasteiger partial charge in [0.15, 0.2) is 9.84 Å². The highest BCUT2D eigenvalue weighted by molar-refractivity contribution is 7.92. The summed E-state index contributed by atoms with van der Waals surface area (Å²) in [7, 11) is -3.10. The molecule has 82 valence electrons. The molecule has 2 nitrogen and oxygen atoms in total. The van der Waals surface area contributed by atoms with E-state index in [-0.39, 0.29) is 5.25 Å². The van der Waals surface area contributed by atoms with Gasteiger partial charge >= 0.3 is 0 Å². The second-order valence-electron chi connectivity index (χ2n) is 4.38. The Balaban J connectivity index is 2.48. The highest BCUT2D eigenvalue weighted by Crippen LogP contribution is 2.26. The van der Waals surface area contributed by atoms with Gasteiger partial charge < -0.3 is 0 Å². The van der Waals surface area contributed by atoms with Crippen LogP contribution in [-0.2, 0) is 22.7 Å². The number of rotatable bonds is 2. The van der Waals surface area contributed by atoms with Crippen molar-refractivity contribution in [3.05, 3.63) is 29.3 Å². The highest BCUT2D eigenvalue weighted by Gasteiger charge is 2.21. The van der Waals surface area contributed by atoms with Gasteiger partial charge in [0.2, 0.25) is 0 Å². The van der Waals surface area contributed by atoms with E-state index in [0.29, 0.717) is 4.90 Å². The van der Waals surface area contributed by atoms with Crippen molar-refractivity contribution in [2.45, 2.75) is 43.3 Å². The van der Waals surface area contributed by atoms with E-state index in [1.54, 1.807) is 19.9 Å². The Morgan fingerprint density at radius 2 is 1.80 bits per heavy atom. The SMILES string of the molecule is CC(C)S(=O)(=O)c1ccc2c(c1)CCC2. The standard InChI is InChI=1S/C12H16O2S/c1-9(2)15(13,14)12-7-6-10-4-3-5-11(10)8-12/h6-9H,3-5H2,1-2H3. The molecule has 0 saturated carbocycles. The summed E-state index contributed by atoms with van der Waals surface area (Å²) in [6.45, 7) is 3.45. The first kappa shape index (κ1) is 10.7. The number of hydrogen-bond donors (Lipinski definition) is 0. The molecule has 15 heavy (non-hydrogen) atoms. The van der Waals surface area contributed by atoms with Crippen molar-refractivity contribution < 1.29 is 8.42 Å². The zero-order valence-corrected chi connectivity index (χ0v) is 9.97. The number of aryl methyl sites for hydroxylation is 2. The Bertz CT molecular complexity index is 472. The summed E-state index contributed by atoms with van der Waals surface area (Å²) in [4.78, 5) is 0.484. The van der Waals surface area contributed by atoms with Gasteiger partial charge in [0.25, 0.3) is 0 Å². The summed E-state index contributed by atoms with van der Waals surface area (Å²) < 4.78 is 23.9. The molecule has 0 atom stereocenters. The van der Waals surface area contributed by atoms with Crippen LogP contribution in [0.25, 0.3) is 0 Å². The second-order valence-corrected chi connectivity index (χ2v) is 6.88. The first-order valence-electron chi connectivity index (χ1n) is 5.37. The number of hydrogen-bond acceptors (Lipinski definition) is 2. The van der Waals surface area contributed by atoms with Crippen LogP contribution in [0.1, 0.15) is 31.4 Å². The maximum absolute atomic E-state index is 11.9. The topological polar surface area (TPSA) is 34.1 Å². The molecular weight excluding hydrogens is 208 g/mol. The molecule has 0 heterocycles. The van der Waals surface area contributed by atoms with E-state index in [2.05, 4.69) is 0 Å². The normalized spacial score (nSPS) is 15.7. The molecule has 0 aliphatic heterocycles. The summed E-state index contributed by atoms with van der Waals surface area (Å²) in [5.41, 5.74) is 2.54. The quantitative estimate of drug-likeness (QED) is 0.772. The molecule has 0 amide bonds. The van der Waals surface area contributed by atoms with Crippen LogP contribution in [0.15, 0.2) is 23.1 Å². The van der Waals surface area contributed by atoms with Gasteiger partial charge in [-0.3, -0.25) is 0 Å². The van der Waals surface area contributed by atoms with Gasteiger partial charge in [0.1, 0.15) is 0 Å². The van der Waals surface area contributed by atoms with Crippen molar-refractivity contribution >= 4 is 9.84 Å². The molecule has 0 saturated heterocycles. The molecule has 3 heteroatoms. The highest BCUT2D eigenvalue weighted by atomic mass is 32.2. The van der Waals surface area contributed by atoms with Crippen molar-refractivity contribution in [3.63, 3.8) is 0 Å². The number of benzene rings is 1. The largest absolute Gasteiger partial charge is 0.223 e. The monoisotopic (exact) mass is 224 g/mol. The first-order valence-corrected chi connectivity index (χ1v) is 6.92. The smallest absolute Gasteiger partial charge is 0.180 e. The maximum Gasteiger partial charge on any atom is 0.180 e. The van der Waals surface area contributed by atoms with Gasteiger partial charge in [-0.15, -0.1) is 0 Å². The third-order valence-electron chi connectivity index (χ3n) is 3.02. The summed E-state index contributed by atoms with van der Waals surface area (Å²) >= 11 is 0. The molecule has 0 N–H and O–H groups in total. The number of fused-ring (bicyclic) bond motifs is 1. The minimum atomic E-state index is -3.10. The molecule has 1 aliphatic carbocycles. The average Bonchev–Trinajstić information content (AvgIpc) is 2.63. The van der Waals surface area contributed by atoms with Crippen molar-refractivity contribution in [1.82, 2.24) is 0 Å². The van der Waals surface area contributed by atoms with E-state index < -0.39 is 9.84 Å². The molecule has 0 bridgehead atoms. The Morgan fingerprint density at radius 3 is 2.47 bits per heavy atom. The second kappa shape index (κ2) is 3.63. The zero-order valence-electron chi connectivity index (χ0n) is 9.16. The third-order valence-corrected chi connectivity index (χ3v) is 5.17. The number of sulfone groups is 1. The van der Waals surface area contributed by atoms with Crippen LogP contribution in [0, 0.1) is 0 Å². The van der Waals surface area contributed by atoms with Crippen LogP contribution in [-0.4, -0.2) is 13.7 Å². The molecule has 1 aliphatic rings. The molecule has 0 aromatic heterocycles. The van der Waals surface area contributed by atoms with Gasteiger partial charge in [-0.25, -0.2) is 8.42 Å². The van der Waals surface area contributed by atoms with Crippen molar-refractivity contribution in [2.24, 2.45) is 0 Å². The van der Waals surface area contributed by atoms with E-state index in [1.807, 2.05) is 12.1 Å². The maximum atomic E-state index is 11.9. The predicted molar refractivity (Wildman–Crippen MR) is 60.8 cm³/mol. The Morgan fingerprint density at radius 1 is 1.13 bits per heavy atom. The lowest BCUT2D eigenvalue weighted by atomic mass is 10.1. The lowest BCUT2D eigenvalue weighted by Crippen LogP contribution is -2.14. The lowest BCUT2D eigenvalue weighted by Gasteiger charge is -2.09. The summed E-state index contributed by atoms with van der Waals surface area (Å²) in [5.74, 6) is 0. The molecule has 0 unspecified atom stereocenters. The van der Waals surface area contributed by atoms with Crippen LogP contribution >= 0.6 is 0 Å². The minimum Gasteiger partial charge on any atom is -0.223 e. The minimum absolute atomic E-state index is 0.336. The van der Waals surface area contributed by atoms with Crippen LogP contribution in [0.3, 0.4) is 0 Å². The van der Waals surface area contributed by atoms with Crippen LogP contribution in [0.2, 0.25) is 0 Å². The fourth-order valence-electron chi connectivity index (χ4n) is 2.00. The van der Waals surface area contributed by atoms with Crippen LogP contribution in [0.4, 0.5) is 0 Å². The Labute approximate surface area is 91.2 Å².